The molecule has 7 nitrogen and oxygen atoms in total. The Morgan fingerprint density at radius 1 is 1.00 bits per heavy atom. The number of hydrogen-bond acceptors (Lipinski definition) is 5. The zero-order chi connectivity index (χ0) is 21.3. The van der Waals surface area contributed by atoms with Crippen LogP contribution in [0.3, 0.4) is 0 Å². The topological polar surface area (TPSA) is 106 Å². The maximum Gasteiger partial charge on any atom is 0.273 e. The van der Waals surface area contributed by atoms with Crippen LogP contribution in [0.4, 0.5) is 11.4 Å². The van der Waals surface area contributed by atoms with Crippen LogP contribution in [0.1, 0.15) is 21.5 Å². The molecule has 3 aromatic rings. The summed E-state index contributed by atoms with van der Waals surface area (Å²) in [5.41, 5.74) is 11.5. The van der Waals surface area contributed by atoms with Crippen LogP contribution < -0.4 is 21.2 Å². The highest BCUT2D eigenvalue weighted by atomic mass is 16.5. The van der Waals surface area contributed by atoms with Crippen LogP contribution in [0.25, 0.3) is 0 Å². The van der Waals surface area contributed by atoms with E-state index in [1.165, 1.54) is 6.21 Å². The van der Waals surface area contributed by atoms with Crippen LogP contribution in [-0.4, -0.2) is 24.6 Å². The zero-order valence-corrected chi connectivity index (χ0v) is 16.5. The van der Waals surface area contributed by atoms with Gasteiger partial charge in [0.25, 0.3) is 11.8 Å². The van der Waals surface area contributed by atoms with Gasteiger partial charge < -0.3 is 15.8 Å². The Bertz CT molecular complexity index is 1060. The third-order valence-corrected chi connectivity index (χ3v) is 4.25. The first-order valence-corrected chi connectivity index (χ1v) is 9.29. The van der Waals surface area contributed by atoms with Gasteiger partial charge in [-0.05, 0) is 60.5 Å². The molecule has 0 aliphatic heterocycles. The molecule has 0 aliphatic rings. The maximum atomic E-state index is 12.0. The van der Waals surface area contributed by atoms with E-state index in [0.717, 1.165) is 16.8 Å². The van der Waals surface area contributed by atoms with Crippen molar-refractivity contribution < 1.29 is 14.3 Å². The van der Waals surface area contributed by atoms with Crippen molar-refractivity contribution in [3.8, 4) is 5.75 Å². The normalized spacial score (nSPS) is 10.6. The lowest BCUT2D eigenvalue weighted by Gasteiger charge is -2.09. The van der Waals surface area contributed by atoms with Gasteiger partial charge in [-0.15, -0.1) is 0 Å². The number of carbonyl (C=O) groups is 2. The molecule has 2 amide bonds. The predicted octanol–water partition coefficient (Wildman–Crippen LogP) is 3.36. The number of nitrogens with two attached hydrogens (primary N) is 1. The molecule has 0 saturated heterocycles. The minimum absolute atomic E-state index is 0.101. The van der Waals surface area contributed by atoms with Crippen LogP contribution in [0, 0.1) is 6.92 Å². The van der Waals surface area contributed by atoms with E-state index in [2.05, 4.69) is 15.8 Å². The average Bonchev–Trinajstić information content (AvgIpc) is 2.75. The molecule has 30 heavy (non-hydrogen) atoms. The van der Waals surface area contributed by atoms with Gasteiger partial charge in [0.05, 0.1) is 11.8 Å². The molecule has 3 aromatic carbocycles. The fourth-order valence-corrected chi connectivity index (χ4v) is 2.63. The zero-order valence-electron chi connectivity index (χ0n) is 16.5. The molecule has 0 saturated carbocycles. The van der Waals surface area contributed by atoms with Gasteiger partial charge in [-0.25, -0.2) is 5.43 Å². The number of nitrogens with zero attached hydrogens (tertiary/aromatic N) is 1. The molecule has 7 heteroatoms. The highest BCUT2D eigenvalue weighted by molar-refractivity contribution is 5.99. The molecule has 0 radical (unpaired) electrons. The molecule has 4 N–H and O–H groups in total. The largest absolute Gasteiger partial charge is 0.484 e. The van der Waals surface area contributed by atoms with Crippen molar-refractivity contribution in [2.75, 3.05) is 17.7 Å². The summed E-state index contributed by atoms with van der Waals surface area (Å²) in [6.45, 7) is 1.82. The summed E-state index contributed by atoms with van der Waals surface area (Å²) < 4.78 is 5.51. The number of benzene rings is 3. The highest BCUT2D eigenvalue weighted by Crippen LogP contribution is 2.14. The molecular weight excluding hydrogens is 380 g/mol. The Kier molecular flexibility index (Phi) is 6.78. The van der Waals surface area contributed by atoms with Gasteiger partial charge in [0, 0.05) is 11.4 Å². The molecule has 0 atom stereocenters. The van der Waals surface area contributed by atoms with E-state index in [-0.39, 0.29) is 18.4 Å². The lowest BCUT2D eigenvalue weighted by molar-refractivity contribution is -0.118. The SMILES string of the molecule is Cc1ccccc1NC(=O)COc1ccc(/C=N/NC(=O)c2ccccc2N)cc1. The monoisotopic (exact) mass is 402 g/mol. The third-order valence-electron chi connectivity index (χ3n) is 4.25. The van der Waals surface area contributed by atoms with Crippen molar-refractivity contribution in [1.82, 2.24) is 5.43 Å². The number of hydrogen-bond donors (Lipinski definition) is 3. The van der Waals surface area contributed by atoms with Crippen LogP contribution in [0.15, 0.2) is 77.9 Å². The number of aryl methyl sites for hydroxylation is 1. The summed E-state index contributed by atoms with van der Waals surface area (Å²) in [7, 11) is 0. The molecule has 3 rings (SSSR count). The molecule has 0 spiro atoms. The van der Waals surface area contributed by atoms with E-state index in [1.54, 1.807) is 48.5 Å². The number of para-hydroxylation sites is 2. The summed E-state index contributed by atoms with van der Waals surface area (Å²) in [6.07, 6.45) is 1.51. The Morgan fingerprint density at radius 2 is 1.70 bits per heavy atom. The van der Waals surface area contributed by atoms with Crippen molar-refractivity contribution in [2.24, 2.45) is 5.10 Å². The van der Waals surface area contributed by atoms with E-state index in [4.69, 9.17) is 10.5 Å². The van der Waals surface area contributed by atoms with E-state index < -0.39 is 0 Å². The summed E-state index contributed by atoms with van der Waals surface area (Å²) >= 11 is 0. The quantitative estimate of drug-likeness (QED) is 0.320. The second kappa shape index (κ2) is 9.88. The van der Waals surface area contributed by atoms with E-state index >= 15 is 0 Å². The first kappa shape index (κ1) is 20.6. The lowest BCUT2D eigenvalue weighted by atomic mass is 10.2. The van der Waals surface area contributed by atoms with Gasteiger partial charge in [0.15, 0.2) is 6.61 Å². The van der Waals surface area contributed by atoms with Gasteiger partial charge in [-0.2, -0.15) is 5.10 Å². The van der Waals surface area contributed by atoms with Crippen molar-refractivity contribution in [3.63, 3.8) is 0 Å². The minimum atomic E-state index is -0.385. The number of anilines is 2. The average molecular weight is 402 g/mol. The maximum absolute atomic E-state index is 12.0. The van der Waals surface area contributed by atoms with Gasteiger partial charge in [0.1, 0.15) is 5.75 Å². The molecule has 0 heterocycles. The fraction of sp³-hybridized carbons (Fsp3) is 0.0870. The van der Waals surface area contributed by atoms with Crippen LogP contribution in [-0.2, 0) is 4.79 Å². The summed E-state index contributed by atoms with van der Waals surface area (Å²) in [4.78, 5) is 24.1. The third kappa shape index (κ3) is 5.68. The number of rotatable bonds is 7. The number of nitrogens with one attached hydrogen (secondary N) is 2. The van der Waals surface area contributed by atoms with E-state index in [1.807, 2.05) is 31.2 Å². The van der Waals surface area contributed by atoms with E-state index in [9.17, 15) is 9.59 Å². The van der Waals surface area contributed by atoms with Crippen molar-refractivity contribution >= 4 is 29.4 Å². The minimum Gasteiger partial charge on any atom is -0.484 e. The molecule has 0 bridgehead atoms. The fourth-order valence-electron chi connectivity index (χ4n) is 2.63. The number of hydrazone groups is 1. The Labute approximate surface area is 174 Å². The second-order valence-electron chi connectivity index (χ2n) is 6.51. The first-order valence-electron chi connectivity index (χ1n) is 9.29. The van der Waals surface area contributed by atoms with Crippen molar-refractivity contribution in [1.29, 1.82) is 0 Å². The molecule has 0 fully saturated rings. The Morgan fingerprint density at radius 3 is 2.43 bits per heavy atom. The summed E-state index contributed by atoms with van der Waals surface area (Å²) in [6, 6.07) is 21.3. The highest BCUT2D eigenvalue weighted by Gasteiger charge is 2.07. The Balaban J connectivity index is 1.48. The standard InChI is InChI=1S/C23H22N4O3/c1-16-6-2-5-9-21(16)26-22(28)15-30-18-12-10-17(11-13-18)14-25-27-23(29)19-7-3-4-8-20(19)24/h2-14H,15,24H2,1H3,(H,26,28)(H,27,29)/b25-14+. The number of carbonyl (C=O) groups excluding carboxylic acids is 2. The molecule has 0 unspecified atom stereocenters. The van der Waals surface area contributed by atoms with Gasteiger partial charge in [-0.1, -0.05) is 30.3 Å². The molecule has 0 aromatic heterocycles. The lowest BCUT2D eigenvalue weighted by Crippen LogP contribution is -2.20. The van der Waals surface area contributed by atoms with Gasteiger partial charge >= 0.3 is 0 Å². The van der Waals surface area contributed by atoms with Gasteiger partial charge in [0.2, 0.25) is 0 Å². The first-order chi connectivity index (χ1) is 14.5. The predicted molar refractivity (Wildman–Crippen MR) is 118 cm³/mol. The summed E-state index contributed by atoms with van der Waals surface area (Å²) in [5, 5.41) is 6.75. The number of amides is 2. The van der Waals surface area contributed by atoms with Gasteiger partial charge in [-0.3, -0.25) is 9.59 Å². The van der Waals surface area contributed by atoms with Crippen LogP contribution >= 0.6 is 0 Å². The van der Waals surface area contributed by atoms with Crippen LogP contribution in [0.2, 0.25) is 0 Å². The van der Waals surface area contributed by atoms with E-state index in [0.29, 0.717) is 17.0 Å². The molecule has 0 aliphatic carbocycles. The Hall–Kier alpha value is -4.13. The summed E-state index contributed by atoms with van der Waals surface area (Å²) in [5.74, 6) is -0.0741. The second-order valence-corrected chi connectivity index (χ2v) is 6.51. The number of ether oxygens (including phenoxy) is 1. The van der Waals surface area contributed by atoms with Crippen molar-refractivity contribution in [2.45, 2.75) is 6.92 Å². The molecular formula is C23H22N4O3. The van der Waals surface area contributed by atoms with Crippen LogP contribution in [0.5, 0.6) is 5.75 Å². The molecule has 152 valence electrons. The van der Waals surface area contributed by atoms with Crippen molar-refractivity contribution in [3.05, 3.63) is 89.5 Å². The smallest absolute Gasteiger partial charge is 0.273 e. The number of nitrogen functional groups attached to an aromatic ring is 1.